The van der Waals surface area contributed by atoms with Gasteiger partial charge in [-0.3, -0.25) is 4.68 Å². The number of rotatable bonds is 9. The second kappa shape index (κ2) is 10.4. The van der Waals surface area contributed by atoms with Gasteiger partial charge in [0.05, 0.1) is 18.4 Å². The monoisotopic (exact) mass is 417 g/mol. The third-order valence-corrected chi connectivity index (χ3v) is 4.50. The van der Waals surface area contributed by atoms with Crippen molar-refractivity contribution in [2.45, 2.75) is 26.8 Å². The Morgan fingerprint density at radius 2 is 1.86 bits per heavy atom. The number of anilines is 1. The largest absolute Gasteiger partial charge is 0.362 e. The third-order valence-electron chi connectivity index (χ3n) is 4.25. The average Bonchev–Trinajstić information content (AvgIpc) is 3.10. The molecule has 0 amide bonds. The van der Waals surface area contributed by atoms with Gasteiger partial charge in [-0.2, -0.15) is 5.10 Å². The summed E-state index contributed by atoms with van der Waals surface area (Å²) in [5, 5.41) is 10.3. The van der Waals surface area contributed by atoms with Gasteiger partial charge in [-0.1, -0.05) is 13.8 Å². The Morgan fingerprint density at radius 1 is 1.14 bits per heavy atom. The second-order valence-corrected chi connectivity index (χ2v) is 6.54. The van der Waals surface area contributed by atoms with Crippen LogP contribution in [0.5, 0.6) is 0 Å². The van der Waals surface area contributed by atoms with E-state index in [9.17, 15) is 17.6 Å². The van der Waals surface area contributed by atoms with Crippen molar-refractivity contribution < 1.29 is 17.6 Å². The zero-order valence-electron chi connectivity index (χ0n) is 15.7. The van der Waals surface area contributed by atoms with Crippen LogP contribution in [-0.4, -0.2) is 46.0 Å². The zero-order valence-corrected chi connectivity index (χ0v) is 16.6. The van der Waals surface area contributed by atoms with Crippen molar-refractivity contribution in [2.75, 3.05) is 31.5 Å². The predicted octanol–water partition coefficient (Wildman–Crippen LogP) is 3.51. The van der Waals surface area contributed by atoms with Crippen LogP contribution in [-0.2, 0) is 6.54 Å². The molecule has 2 N–H and O–H groups in total. The van der Waals surface area contributed by atoms with Crippen LogP contribution in [0.3, 0.4) is 0 Å². The standard InChI is InChI=1S/C18H23F4N5S/c1-3-26(4-2)7-5-6-23-18(28)25-12-9-24-27(10-12)11-13-14(19)8-15(20)17(22)16(13)21/h8-10H,3-7,11H2,1-2H3,(H2,23,25,28). The van der Waals surface area contributed by atoms with Gasteiger partial charge in [-0.15, -0.1) is 0 Å². The Kier molecular flexibility index (Phi) is 8.18. The molecule has 2 rings (SSSR count). The molecule has 0 aliphatic carbocycles. The van der Waals surface area contributed by atoms with Crippen molar-refractivity contribution in [3.05, 3.63) is 47.3 Å². The highest BCUT2D eigenvalue weighted by atomic mass is 32.1. The van der Waals surface area contributed by atoms with Gasteiger partial charge < -0.3 is 15.5 Å². The highest BCUT2D eigenvalue weighted by molar-refractivity contribution is 7.80. The molecule has 0 unspecified atom stereocenters. The number of nitrogens with zero attached hydrogens (tertiary/aromatic N) is 3. The van der Waals surface area contributed by atoms with Gasteiger partial charge in [0.25, 0.3) is 0 Å². The molecule has 0 aliphatic heterocycles. The van der Waals surface area contributed by atoms with Gasteiger partial charge in [0, 0.05) is 24.4 Å². The van der Waals surface area contributed by atoms with Crippen LogP contribution in [0.15, 0.2) is 18.5 Å². The molecular weight excluding hydrogens is 394 g/mol. The van der Waals surface area contributed by atoms with E-state index in [-0.39, 0.29) is 6.54 Å². The molecule has 0 radical (unpaired) electrons. The lowest BCUT2D eigenvalue weighted by molar-refractivity contribution is 0.300. The van der Waals surface area contributed by atoms with Crippen LogP contribution in [0.25, 0.3) is 0 Å². The number of thiocarbonyl (C=S) groups is 1. The first-order chi connectivity index (χ1) is 13.3. The lowest BCUT2D eigenvalue weighted by Crippen LogP contribution is -2.32. The van der Waals surface area contributed by atoms with E-state index in [2.05, 4.69) is 34.5 Å². The van der Waals surface area contributed by atoms with E-state index in [4.69, 9.17) is 12.2 Å². The number of hydrogen-bond acceptors (Lipinski definition) is 3. The third kappa shape index (κ3) is 5.90. The smallest absolute Gasteiger partial charge is 0.194 e. The Labute approximate surface area is 166 Å². The molecule has 1 heterocycles. The fourth-order valence-electron chi connectivity index (χ4n) is 2.65. The molecule has 0 spiro atoms. The maximum Gasteiger partial charge on any atom is 0.194 e. The molecule has 0 fully saturated rings. The number of aromatic nitrogens is 2. The molecule has 2 aromatic rings. The van der Waals surface area contributed by atoms with E-state index < -0.39 is 28.8 Å². The van der Waals surface area contributed by atoms with Crippen LogP contribution in [0.2, 0.25) is 0 Å². The summed E-state index contributed by atoms with van der Waals surface area (Å²) in [4.78, 5) is 2.30. The number of nitrogens with one attached hydrogen (secondary N) is 2. The molecule has 1 aromatic heterocycles. The topological polar surface area (TPSA) is 45.1 Å². The summed E-state index contributed by atoms with van der Waals surface area (Å²) in [5.41, 5.74) is -0.102. The maximum absolute atomic E-state index is 13.8. The van der Waals surface area contributed by atoms with Crippen molar-refractivity contribution >= 4 is 23.0 Å². The molecule has 0 saturated heterocycles. The Morgan fingerprint density at radius 3 is 2.54 bits per heavy atom. The summed E-state index contributed by atoms with van der Waals surface area (Å²) in [6.07, 6.45) is 3.81. The van der Waals surface area contributed by atoms with Crippen LogP contribution in [0.4, 0.5) is 23.2 Å². The molecule has 0 bridgehead atoms. The Balaban J connectivity index is 1.87. The molecule has 0 aliphatic rings. The van der Waals surface area contributed by atoms with Gasteiger partial charge in [-0.25, -0.2) is 17.6 Å². The molecule has 28 heavy (non-hydrogen) atoms. The molecule has 1 aromatic carbocycles. The van der Waals surface area contributed by atoms with E-state index in [1.54, 1.807) is 0 Å². The molecule has 0 atom stereocenters. The highest BCUT2D eigenvalue weighted by Crippen LogP contribution is 2.20. The number of hydrogen-bond donors (Lipinski definition) is 2. The SMILES string of the molecule is CCN(CC)CCCNC(=S)Nc1cnn(Cc2c(F)cc(F)c(F)c2F)c1. The summed E-state index contributed by atoms with van der Waals surface area (Å²) >= 11 is 5.20. The van der Waals surface area contributed by atoms with Gasteiger partial charge >= 0.3 is 0 Å². The molecule has 154 valence electrons. The molecule has 10 heteroatoms. The summed E-state index contributed by atoms with van der Waals surface area (Å²) in [5.74, 6) is -6.02. The Hall–Kier alpha value is -2.20. The fraction of sp³-hybridized carbons (Fsp3) is 0.444. The molecule has 5 nitrogen and oxygen atoms in total. The van der Waals surface area contributed by atoms with E-state index in [1.165, 1.54) is 17.1 Å². The first-order valence-corrected chi connectivity index (χ1v) is 9.38. The van der Waals surface area contributed by atoms with Crippen molar-refractivity contribution in [3.63, 3.8) is 0 Å². The normalized spacial score (nSPS) is 11.1. The summed E-state index contributed by atoms with van der Waals surface area (Å²) in [7, 11) is 0. The summed E-state index contributed by atoms with van der Waals surface area (Å²) < 4.78 is 55.0. The highest BCUT2D eigenvalue weighted by Gasteiger charge is 2.19. The number of halogens is 4. The average molecular weight is 417 g/mol. The Bertz CT molecular complexity index is 808. The maximum atomic E-state index is 13.8. The minimum absolute atomic E-state index is 0.313. The minimum Gasteiger partial charge on any atom is -0.362 e. The van der Waals surface area contributed by atoms with Crippen molar-refractivity contribution in [3.8, 4) is 0 Å². The lowest BCUT2D eigenvalue weighted by atomic mass is 10.2. The van der Waals surface area contributed by atoms with E-state index >= 15 is 0 Å². The fourth-order valence-corrected chi connectivity index (χ4v) is 2.87. The van der Waals surface area contributed by atoms with E-state index in [0.717, 1.165) is 26.1 Å². The first-order valence-electron chi connectivity index (χ1n) is 8.97. The van der Waals surface area contributed by atoms with Crippen LogP contribution in [0, 0.1) is 23.3 Å². The quantitative estimate of drug-likeness (QED) is 0.215. The molecule has 0 saturated carbocycles. The zero-order chi connectivity index (χ0) is 20.7. The molecular formula is C18H23F4N5S. The second-order valence-electron chi connectivity index (χ2n) is 6.13. The first kappa shape index (κ1) is 22.1. The van der Waals surface area contributed by atoms with Crippen molar-refractivity contribution in [1.29, 1.82) is 0 Å². The van der Waals surface area contributed by atoms with Gasteiger partial charge in [0.15, 0.2) is 22.6 Å². The lowest BCUT2D eigenvalue weighted by Gasteiger charge is -2.18. The predicted molar refractivity (Wildman–Crippen MR) is 104 cm³/mol. The van der Waals surface area contributed by atoms with Gasteiger partial charge in [-0.05, 0) is 38.3 Å². The van der Waals surface area contributed by atoms with E-state index in [0.29, 0.717) is 23.4 Å². The number of benzene rings is 1. The summed E-state index contributed by atoms with van der Waals surface area (Å²) in [6.45, 7) is 7.49. The van der Waals surface area contributed by atoms with Gasteiger partial charge in [0.1, 0.15) is 5.82 Å². The minimum atomic E-state index is -1.71. The van der Waals surface area contributed by atoms with Crippen molar-refractivity contribution in [2.24, 2.45) is 0 Å². The van der Waals surface area contributed by atoms with Crippen LogP contribution in [0.1, 0.15) is 25.8 Å². The van der Waals surface area contributed by atoms with Crippen LogP contribution < -0.4 is 10.6 Å². The summed E-state index contributed by atoms with van der Waals surface area (Å²) in [6, 6.07) is 0.313. The van der Waals surface area contributed by atoms with Crippen molar-refractivity contribution in [1.82, 2.24) is 20.0 Å². The van der Waals surface area contributed by atoms with Crippen LogP contribution >= 0.6 is 12.2 Å². The van der Waals surface area contributed by atoms with Gasteiger partial charge in [0.2, 0.25) is 0 Å². The van der Waals surface area contributed by atoms with E-state index in [1.807, 2.05) is 0 Å².